The van der Waals surface area contributed by atoms with Crippen molar-refractivity contribution < 1.29 is 19.5 Å². The summed E-state index contributed by atoms with van der Waals surface area (Å²) in [6.45, 7) is 1.85. The van der Waals surface area contributed by atoms with Gasteiger partial charge in [-0.3, -0.25) is 9.59 Å². The van der Waals surface area contributed by atoms with Crippen LogP contribution in [0.5, 0.6) is 0 Å². The van der Waals surface area contributed by atoms with Crippen LogP contribution >= 0.6 is 11.6 Å². The number of nitrogens with one attached hydrogen (secondary N) is 2. The number of rotatable bonds is 8. The third-order valence-electron chi connectivity index (χ3n) is 2.94. The molecule has 3 amide bonds. The van der Waals surface area contributed by atoms with Crippen molar-refractivity contribution in [1.29, 1.82) is 0 Å². The van der Waals surface area contributed by atoms with E-state index in [0.717, 1.165) is 5.56 Å². The van der Waals surface area contributed by atoms with Gasteiger partial charge >= 0.3 is 12.0 Å². The number of carboxylic acids is 1. The van der Waals surface area contributed by atoms with Crippen LogP contribution in [0.2, 0.25) is 5.02 Å². The number of nitrogens with zero attached hydrogens (tertiary/aromatic N) is 1. The summed E-state index contributed by atoms with van der Waals surface area (Å²) < 4.78 is 0. The molecule has 1 rings (SSSR count). The number of hydrogen-bond donors (Lipinski definition) is 3. The second-order valence-electron chi connectivity index (χ2n) is 4.87. The minimum absolute atomic E-state index is 0.250. The number of halogens is 1. The van der Waals surface area contributed by atoms with Gasteiger partial charge in [0.05, 0.1) is 6.54 Å². The largest absolute Gasteiger partial charge is 0.480 e. The maximum Gasteiger partial charge on any atom is 0.323 e. The van der Waals surface area contributed by atoms with Crippen LogP contribution in [0.4, 0.5) is 4.79 Å². The van der Waals surface area contributed by atoms with Gasteiger partial charge in [-0.15, -0.1) is 0 Å². The molecule has 0 aliphatic rings. The second kappa shape index (κ2) is 9.68. The lowest BCUT2D eigenvalue weighted by molar-refractivity contribution is -0.144. The Hall–Kier alpha value is -2.28. The molecule has 0 atom stereocenters. The van der Waals surface area contributed by atoms with Crippen LogP contribution in [0.25, 0.3) is 0 Å². The van der Waals surface area contributed by atoms with Gasteiger partial charge in [-0.1, -0.05) is 30.7 Å². The molecule has 0 unspecified atom stereocenters. The maximum atomic E-state index is 11.9. The summed E-state index contributed by atoms with van der Waals surface area (Å²) in [4.78, 5) is 35.4. The lowest BCUT2D eigenvalue weighted by atomic mass is 10.2. The molecule has 8 heteroatoms. The van der Waals surface area contributed by atoms with Crippen molar-refractivity contribution in [3.63, 3.8) is 0 Å². The summed E-state index contributed by atoms with van der Waals surface area (Å²) in [6.07, 6.45) is 0.641. The first-order valence-corrected chi connectivity index (χ1v) is 7.56. The molecule has 0 saturated heterocycles. The highest BCUT2D eigenvalue weighted by Gasteiger charge is 2.16. The zero-order chi connectivity index (χ0) is 17.2. The number of aliphatic carboxylic acids is 1. The molecule has 0 radical (unpaired) electrons. The van der Waals surface area contributed by atoms with Crippen molar-refractivity contribution in [2.24, 2.45) is 0 Å². The highest BCUT2D eigenvalue weighted by Crippen LogP contribution is 2.08. The molecule has 1 aromatic rings. The summed E-state index contributed by atoms with van der Waals surface area (Å²) in [5.74, 6) is -1.52. The Morgan fingerprint density at radius 3 is 2.39 bits per heavy atom. The lowest BCUT2D eigenvalue weighted by Crippen LogP contribution is -2.45. The minimum Gasteiger partial charge on any atom is -0.480 e. The molecule has 23 heavy (non-hydrogen) atoms. The van der Waals surface area contributed by atoms with E-state index < -0.39 is 17.9 Å². The highest BCUT2D eigenvalue weighted by atomic mass is 35.5. The van der Waals surface area contributed by atoms with E-state index in [4.69, 9.17) is 16.7 Å². The smallest absolute Gasteiger partial charge is 0.323 e. The predicted molar refractivity (Wildman–Crippen MR) is 86.2 cm³/mol. The third kappa shape index (κ3) is 7.51. The summed E-state index contributed by atoms with van der Waals surface area (Å²) >= 11 is 5.77. The predicted octanol–water partition coefficient (Wildman–Crippen LogP) is 1.46. The average Bonchev–Trinajstić information content (AvgIpc) is 2.51. The van der Waals surface area contributed by atoms with Crippen LogP contribution in [0, 0.1) is 0 Å². The van der Waals surface area contributed by atoms with E-state index in [9.17, 15) is 14.4 Å². The molecule has 0 aliphatic heterocycles. The highest BCUT2D eigenvalue weighted by molar-refractivity contribution is 6.30. The Balaban J connectivity index is 2.37. The van der Waals surface area contributed by atoms with Crippen molar-refractivity contribution in [3.8, 4) is 0 Å². The second-order valence-corrected chi connectivity index (χ2v) is 5.31. The fraction of sp³-hybridized carbons (Fsp3) is 0.400. The molecule has 1 aromatic carbocycles. The summed E-state index contributed by atoms with van der Waals surface area (Å²) in [5, 5.41) is 14.4. The van der Waals surface area contributed by atoms with Gasteiger partial charge in [0.25, 0.3) is 0 Å². The van der Waals surface area contributed by atoms with Gasteiger partial charge in [0.1, 0.15) is 6.54 Å². The average molecular weight is 342 g/mol. The molecule has 7 nitrogen and oxygen atoms in total. The van der Waals surface area contributed by atoms with Crippen LogP contribution in [-0.4, -0.2) is 47.5 Å². The van der Waals surface area contributed by atoms with Crippen molar-refractivity contribution in [3.05, 3.63) is 34.9 Å². The van der Waals surface area contributed by atoms with Crippen molar-refractivity contribution >= 4 is 29.5 Å². The van der Waals surface area contributed by atoms with Crippen molar-refractivity contribution in [2.75, 3.05) is 19.6 Å². The zero-order valence-electron chi connectivity index (χ0n) is 12.8. The summed E-state index contributed by atoms with van der Waals surface area (Å²) in [5.41, 5.74) is 0.870. The Kier molecular flexibility index (Phi) is 7.90. The molecule has 3 N–H and O–H groups in total. The number of benzene rings is 1. The zero-order valence-corrected chi connectivity index (χ0v) is 13.6. The van der Waals surface area contributed by atoms with E-state index >= 15 is 0 Å². The molecule has 0 aromatic heterocycles. The first kappa shape index (κ1) is 18.8. The molecule has 0 fully saturated rings. The number of urea groups is 1. The number of hydrogen-bond acceptors (Lipinski definition) is 3. The topological polar surface area (TPSA) is 98.7 Å². The van der Waals surface area contributed by atoms with E-state index in [2.05, 4.69) is 10.6 Å². The van der Waals surface area contributed by atoms with Crippen LogP contribution < -0.4 is 10.6 Å². The van der Waals surface area contributed by atoms with E-state index in [0.29, 0.717) is 24.5 Å². The van der Waals surface area contributed by atoms with Gasteiger partial charge in [-0.25, -0.2) is 4.79 Å². The molecular weight excluding hydrogens is 322 g/mol. The Morgan fingerprint density at radius 1 is 1.17 bits per heavy atom. The van der Waals surface area contributed by atoms with E-state index in [1.54, 1.807) is 24.3 Å². The Morgan fingerprint density at radius 2 is 1.83 bits per heavy atom. The number of carboxylic acid groups (broad SMARTS) is 1. The number of amides is 3. The Bertz CT molecular complexity index is 548. The molecule has 0 bridgehead atoms. The van der Waals surface area contributed by atoms with Gasteiger partial charge in [0.2, 0.25) is 5.91 Å². The maximum absolute atomic E-state index is 11.9. The van der Waals surface area contributed by atoms with Crippen LogP contribution in [0.1, 0.15) is 18.9 Å². The van der Waals surface area contributed by atoms with Crippen LogP contribution in [-0.2, 0) is 16.1 Å². The first-order valence-electron chi connectivity index (χ1n) is 7.18. The summed E-state index contributed by atoms with van der Waals surface area (Å²) in [7, 11) is 0. The number of carbonyl (C=O) groups excluding carboxylic acids is 2. The third-order valence-corrected chi connectivity index (χ3v) is 3.19. The lowest BCUT2D eigenvalue weighted by Gasteiger charge is -2.20. The quantitative estimate of drug-likeness (QED) is 0.666. The van der Waals surface area contributed by atoms with E-state index in [-0.39, 0.29) is 13.1 Å². The molecule has 0 saturated carbocycles. The van der Waals surface area contributed by atoms with E-state index in [1.165, 1.54) is 4.90 Å². The first-order chi connectivity index (χ1) is 10.9. The van der Waals surface area contributed by atoms with Gasteiger partial charge in [-0.05, 0) is 24.1 Å². The Labute approximate surface area is 139 Å². The van der Waals surface area contributed by atoms with Gasteiger partial charge in [0.15, 0.2) is 0 Å². The van der Waals surface area contributed by atoms with Crippen LogP contribution in [0.15, 0.2) is 24.3 Å². The van der Waals surface area contributed by atoms with Gasteiger partial charge in [0, 0.05) is 18.1 Å². The molecule has 0 spiro atoms. The van der Waals surface area contributed by atoms with Crippen molar-refractivity contribution in [2.45, 2.75) is 19.9 Å². The monoisotopic (exact) mass is 341 g/mol. The molecule has 0 aliphatic carbocycles. The molecular formula is C15H20ClN3O4. The standard InChI is InChI=1S/C15H20ClN3O4/c1-2-7-19(10-14(21)22)13(20)9-18-15(23)17-8-11-3-5-12(16)6-4-11/h3-6H,2,7-10H2,1H3,(H,21,22)(H2,17,18,23). The van der Waals surface area contributed by atoms with Gasteiger partial charge < -0.3 is 20.6 Å². The fourth-order valence-corrected chi connectivity index (χ4v) is 1.97. The molecule has 126 valence electrons. The SMILES string of the molecule is CCCN(CC(=O)O)C(=O)CNC(=O)NCc1ccc(Cl)cc1. The van der Waals surface area contributed by atoms with Crippen molar-refractivity contribution in [1.82, 2.24) is 15.5 Å². The minimum atomic E-state index is -1.08. The molecule has 0 heterocycles. The fourth-order valence-electron chi connectivity index (χ4n) is 1.84. The normalized spacial score (nSPS) is 10.0. The summed E-state index contributed by atoms with van der Waals surface area (Å²) in [6, 6.07) is 6.50. The van der Waals surface area contributed by atoms with E-state index in [1.807, 2.05) is 6.92 Å². The van der Waals surface area contributed by atoms with Crippen LogP contribution in [0.3, 0.4) is 0 Å². The number of carbonyl (C=O) groups is 3. The van der Waals surface area contributed by atoms with Gasteiger partial charge in [-0.2, -0.15) is 0 Å².